The van der Waals surface area contributed by atoms with E-state index in [2.05, 4.69) is 16.9 Å². The van der Waals surface area contributed by atoms with Gasteiger partial charge in [0.2, 0.25) is 0 Å². The molecule has 92 valence electrons. The molecule has 0 saturated carbocycles. The fraction of sp³-hybridized carbons (Fsp3) is 0.214. The first-order chi connectivity index (χ1) is 8.69. The number of Topliss-reactive ketones (excluding diaryl/α,β-unsaturated/α-hetero) is 1. The van der Waals surface area contributed by atoms with E-state index in [-0.39, 0.29) is 12.2 Å². The van der Waals surface area contributed by atoms with Crippen LogP contribution in [0.1, 0.15) is 28.7 Å². The van der Waals surface area contributed by atoms with Gasteiger partial charge in [-0.15, -0.1) is 0 Å². The topological polar surface area (TPSA) is 68.9 Å². The average Bonchev–Trinajstić information content (AvgIpc) is 2.40. The molecule has 0 aliphatic carbocycles. The van der Waals surface area contributed by atoms with Crippen molar-refractivity contribution in [1.29, 1.82) is 0 Å². The SMILES string of the molecule is CCc1ccc(CC(=O)c2ccc(N)cn2)nc1. The molecule has 0 aliphatic rings. The number of carbonyl (C=O) groups excluding carboxylic acids is 1. The molecule has 0 unspecified atom stereocenters. The highest BCUT2D eigenvalue weighted by Gasteiger charge is 2.09. The Labute approximate surface area is 106 Å². The number of aromatic nitrogens is 2. The summed E-state index contributed by atoms with van der Waals surface area (Å²) in [7, 11) is 0. The monoisotopic (exact) mass is 241 g/mol. The number of nitrogens with zero attached hydrogens (tertiary/aromatic N) is 2. The van der Waals surface area contributed by atoms with Crippen molar-refractivity contribution >= 4 is 11.5 Å². The van der Waals surface area contributed by atoms with Crippen molar-refractivity contribution < 1.29 is 4.79 Å². The van der Waals surface area contributed by atoms with Crippen molar-refractivity contribution in [2.45, 2.75) is 19.8 Å². The first-order valence-electron chi connectivity index (χ1n) is 5.87. The summed E-state index contributed by atoms with van der Waals surface area (Å²) in [6.45, 7) is 2.07. The third-order valence-corrected chi connectivity index (χ3v) is 2.71. The highest BCUT2D eigenvalue weighted by Crippen LogP contribution is 2.07. The summed E-state index contributed by atoms with van der Waals surface area (Å²) in [5.74, 6) is -0.0493. The van der Waals surface area contributed by atoms with Gasteiger partial charge in [0.25, 0.3) is 0 Å². The van der Waals surface area contributed by atoms with E-state index >= 15 is 0 Å². The van der Waals surface area contributed by atoms with Crippen LogP contribution in [0.4, 0.5) is 5.69 Å². The Hall–Kier alpha value is -2.23. The minimum Gasteiger partial charge on any atom is -0.397 e. The van der Waals surface area contributed by atoms with Crippen LogP contribution in [-0.2, 0) is 12.8 Å². The summed E-state index contributed by atoms with van der Waals surface area (Å²) < 4.78 is 0. The van der Waals surface area contributed by atoms with Crippen molar-refractivity contribution in [1.82, 2.24) is 9.97 Å². The van der Waals surface area contributed by atoms with Crippen LogP contribution in [0.2, 0.25) is 0 Å². The van der Waals surface area contributed by atoms with Crippen molar-refractivity contribution in [3.05, 3.63) is 53.6 Å². The molecule has 2 aromatic heterocycles. The Balaban J connectivity index is 2.08. The number of nitrogens with two attached hydrogens (primary N) is 1. The summed E-state index contributed by atoms with van der Waals surface area (Å²) in [4.78, 5) is 20.2. The van der Waals surface area contributed by atoms with Gasteiger partial charge in [-0.05, 0) is 30.2 Å². The molecule has 0 spiro atoms. The molecule has 4 heteroatoms. The molecule has 2 aromatic rings. The predicted octanol–water partition coefficient (Wildman–Crippen LogP) is 2.05. The molecule has 0 radical (unpaired) electrons. The molecule has 0 amide bonds. The van der Waals surface area contributed by atoms with Crippen molar-refractivity contribution in [2.24, 2.45) is 0 Å². The van der Waals surface area contributed by atoms with Gasteiger partial charge in [0.1, 0.15) is 5.69 Å². The van der Waals surface area contributed by atoms with E-state index in [0.717, 1.165) is 17.7 Å². The maximum absolute atomic E-state index is 11.9. The quantitative estimate of drug-likeness (QED) is 0.832. The highest BCUT2D eigenvalue weighted by molar-refractivity contribution is 5.95. The molecule has 0 aromatic carbocycles. The van der Waals surface area contributed by atoms with Gasteiger partial charge in [-0.25, -0.2) is 0 Å². The average molecular weight is 241 g/mol. The summed E-state index contributed by atoms with van der Waals surface area (Å²) >= 11 is 0. The fourth-order valence-corrected chi connectivity index (χ4v) is 1.59. The number of hydrogen-bond donors (Lipinski definition) is 1. The van der Waals surface area contributed by atoms with Crippen molar-refractivity contribution in [3.63, 3.8) is 0 Å². The molecule has 0 saturated heterocycles. The standard InChI is InChI=1S/C14H15N3O/c1-2-10-3-5-12(16-8-10)7-14(18)13-6-4-11(15)9-17-13/h3-6,8-9H,2,7,15H2,1H3. The Morgan fingerprint density at radius 1 is 1.17 bits per heavy atom. The predicted molar refractivity (Wildman–Crippen MR) is 70.3 cm³/mol. The van der Waals surface area contributed by atoms with Gasteiger partial charge in [0, 0.05) is 11.9 Å². The first-order valence-corrected chi connectivity index (χ1v) is 5.87. The van der Waals surface area contributed by atoms with Crippen LogP contribution in [0.3, 0.4) is 0 Å². The normalized spacial score (nSPS) is 10.3. The Morgan fingerprint density at radius 2 is 2.00 bits per heavy atom. The van der Waals surface area contributed by atoms with E-state index < -0.39 is 0 Å². The lowest BCUT2D eigenvalue weighted by molar-refractivity contribution is 0.0987. The zero-order valence-electron chi connectivity index (χ0n) is 10.3. The van der Waals surface area contributed by atoms with Crippen LogP contribution in [0, 0.1) is 0 Å². The van der Waals surface area contributed by atoms with Crippen LogP contribution in [-0.4, -0.2) is 15.8 Å². The van der Waals surface area contributed by atoms with Gasteiger partial charge in [-0.3, -0.25) is 14.8 Å². The lowest BCUT2D eigenvalue weighted by Gasteiger charge is -2.02. The number of rotatable bonds is 4. The minimum atomic E-state index is -0.0493. The molecule has 0 fully saturated rings. The van der Waals surface area contributed by atoms with Crippen LogP contribution in [0.5, 0.6) is 0 Å². The summed E-state index contributed by atoms with van der Waals surface area (Å²) in [5.41, 5.74) is 8.42. The van der Waals surface area contributed by atoms with Crippen molar-refractivity contribution in [2.75, 3.05) is 5.73 Å². The lowest BCUT2D eigenvalue weighted by atomic mass is 10.1. The Kier molecular flexibility index (Phi) is 3.67. The molecule has 2 heterocycles. The number of ketones is 1. The highest BCUT2D eigenvalue weighted by atomic mass is 16.1. The lowest BCUT2D eigenvalue weighted by Crippen LogP contribution is -2.07. The number of aryl methyl sites for hydroxylation is 1. The van der Waals surface area contributed by atoms with Gasteiger partial charge < -0.3 is 5.73 Å². The third-order valence-electron chi connectivity index (χ3n) is 2.71. The third kappa shape index (κ3) is 2.91. The number of nitrogen functional groups attached to an aromatic ring is 1. The zero-order valence-corrected chi connectivity index (χ0v) is 10.3. The van der Waals surface area contributed by atoms with Gasteiger partial charge in [-0.1, -0.05) is 13.0 Å². The summed E-state index contributed by atoms with van der Waals surface area (Å²) in [5, 5.41) is 0. The van der Waals surface area contributed by atoms with Gasteiger partial charge >= 0.3 is 0 Å². The van der Waals surface area contributed by atoms with E-state index in [1.54, 1.807) is 18.3 Å². The van der Waals surface area contributed by atoms with E-state index in [1.165, 1.54) is 6.20 Å². The van der Waals surface area contributed by atoms with E-state index in [1.807, 2.05) is 12.1 Å². The second-order valence-corrected chi connectivity index (χ2v) is 4.09. The molecule has 0 atom stereocenters. The van der Waals surface area contributed by atoms with Gasteiger partial charge in [-0.2, -0.15) is 0 Å². The molecule has 2 rings (SSSR count). The number of hydrogen-bond acceptors (Lipinski definition) is 4. The van der Waals surface area contributed by atoms with Crippen molar-refractivity contribution in [3.8, 4) is 0 Å². The van der Waals surface area contributed by atoms with Crippen LogP contribution in [0.25, 0.3) is 0 Å². The minimum absolute atomic E-state index is 0.0493. The van der Waals surface area contributed by atoms with Gasteiger partial charge in [0.15, 0.2) is 5.78 Å². The first kappa shape index (κ1) is 12.2. The zero-order chi connectivity index (χ0) is 13.0. The Morgan fingerprint density at radius 3 is 2.56 bits per heavy atom. The largest absolute Gasteiger partial charge is 0.397 e. The smallest absolute Gasteiger partial charge is 0.187 e. The molecule has 18 heavy (non-hydrogen) atoms. The van der Waals surface area contributed by atoms with E-state index in [0.29, 0.717) is 11.4 Å². The molecule has 0 bridgehead atoms. The van der Waals surface area contributed by atoms with E-state index in [4.69, 9.17) is 5.73 Å². The molecule has 2 N–H and O–H groups in total. The van der Waals surface area contributed by atoms with E-state index in [9.17, 15) is 4.79 Å². The molecular weight excluding hydrogens is 226 g/mol. The second kappa shape index (κ2) is 5.40. The molecular formula is C14H15N3O. The molecule has 0 aliphatic heterocycles. The Bertz CT molecular complexity index is 532. The summed E-state index contributed by atoms with van der Waals surface area (Å²) in [6.07, 6.45) is 4.50. The number of carbonyl (C=O) groups is 1. The fourth-order valence-electron chi connectivity index (χ4n) is 1.59. The van der Waals surface area contributed by atoms with Crippen LogP contribution < -0.4 is 5.73 Å². The second-order valence-electron chi connectivity index (χ2n) is 4.09. The van der Waals surface area contributed by atoms with Crippen LogP contribution >= 0.6 is 0 Å². The number of anilines is 1. The maximum Gasteiger partial charge on any atom is 0.187 e. The molecule has 4 nitrogen and oxygen atoms in total. The summed E-state index contributed by atoms with van der Waals surface area (Å²) in [6, 6.07) is 7.19. The maximum atomic E-state index is 11.9. The van der Waals surface area contributed by atoms with Crippen LogP contribution in [0.15, 0.2) is 36.7 Å². The van der Waals surface area contributed by atoms with Gasteiger partial charge in [0.05, 0.1) is 18.3 Å². The number of pyridine rings is 2.